The molecule has 3 rings (SSSR count). The van der Waals surface area contributed by atoms with Gasteiger partial charge in [-0.05, 0) is 38.1 Å². The van der Waals surface area contributed by atoms with Crippen molar-refractivity contribution in [2.24, 2.45) is 0 Å². The van der Waals surface area contributed by atoms with Crippen molar-refractivity contribution in [3.63, 3.8) is 0 Å². The molecule has 3 nitrogen and oxygen atoms in total. The number of piperidine rings is 1. The van der Waals surface area contributed by atoms with Gasteiger partial charge < -0.3 is 9.84 Å². The van der Waals surface area contributed by atoms with Crippen LogP contribution in [0.25, 0.3) is 11.0 Å². The van der Waals surface area contributed by atoms with E-state index in [2.05, 4.69) is 16.5 Å². The number of benzene rings is 1. The first-order chi connectivity index (χ1) is 8.45. The second kappa shape index (κ2) is 5.82. The van der Waals surface area contributed by atoms with Crippen LogP contribution < -0.4 is 5.32 Å². The fourth-order valence-corrected chi connectivity index (χ4v) is 2.30. The minimum atomic E-state index is 0.565. The Morgan fingerprint density at radius 1 is 1.18 bits per heavy atom. The Bertz CT molecular complexity index is 458. The van der Waals surface area contributed by atoms with E-state index in [0.29, 0.717) is 5.92 Å². The van der Waals surface area contributed by atoms with Crippen molar-refractivity contribution in [2.75, 3.05) is 13.1 Å². The molecular formula is C14H20N2O. The molecule has 0 atom stereocenters. The Morgan fingerprint density at radius 3 is 2.65 bits per heavy atom. The molecule has 1 fully saturated rings. The average Bonchev–Trinajstić information content (AvgIpc) is 2.86. The van der Waals surface area contributed by atoms with Crippen LogP contribution in [-0.4, -0.2) is 18.2 Å². The highest BCUT2D eigenvalue weighted by atomic mass is 16.5. The first-order valence-corrected chi connectivity index (χ1v) is 6.50. The number of rotatable bonds is 1. The molecule has 1 N–H and O–H groups in total. The topological polar surface area (TPSA) is 38.1 Å². The largest absolute Gasteiger partial charge is 0.356 e. The van der Waals surface area contributed by atoms with E-state index in [1.807, 2.05) is 32.0 Å². The zero-order valence-corrected chi connectivity index (χ0v) is 10.6. The number of fused-ring (bicyclic) bond motifs is 1. The summed E-state index contributed by atoms with van der Waals surface area (Å²) in [6.45, 7) is 6.18. The highest BCUT2D eigenvalue weighted by Gasteiger charge is 2.20. The SMILES string of the molecule is CC.c1ccc2c(C3CCNCC3)noc2c1. The van der Waals surface area contributed by atoms with Crippen LogP contribution in [0.1, 0.15) is 38.3 Å². The van der Waals surface area contributed by atoms with Crippen molar-refractivity contribution in [1.29, 1.82) is 0 Å². The molecule has 17 heavy (non-hydrogen) atoms. The molecule has 1 aromatic heterocycles. The second-order valence-corrected chi connectivity index (χ2v) is 4.09. The summed E-state index contributed by atoms with van der Waals surface area (Å²) in [7, 11) is 0. The minimum absolute atomic E-state index is 0.565. The standard InChI is InChI=1S/C12H14N2O.C2H6/c1-2-4-11-10(3-1)12(14-15-11)9-5-7-13-8-6-9;1-2/h1-4,9,13H,5-8H2;1-2H3. The molecule has 1 aromatic carbocycles. The maximum Gasteiger partial charge on any atom is 0.167 e. The molecule has 1 saturated heterocycles. The summed E-state index contributed by atoms with van der Waals surface area (Å²) in [5, 5.41) is 8.77. The van der Waals surface area contributed by atoms with Gasteiger partial charge in [0.25, 0.3) is 0 Å². The van der Waals surface area contributed by atoms with Gasteiger partial charge in [-0.1, -0.05) is 31.1 Å². The number of aromatic nitrogens is 1. The van der Waals surface area contributed by atoms with Crippen molar-refractivity contribution >= 4 is 11.0 Å². The molecule has 2 aromatic rings. The predicted octanol–water partition coefficient (Wildman–Crippen LogP) is 3.32. The summed E-state index contributed by atoms with van der Waals surface area (Å²) in [5.74, 6) is 0.565. The lowest BCUT2D eigenvalue weighted by molar-refractivity contribution is 0.404. The molecule has 0 unspecified atom stereocenters. The molecule has 0 aliphatic carbocycles. The summed E-state index contributed by atoms with van der Waals surface area (Å²) >= 11 is 0. The van der Waals surface area contributed by atoms with Crippen LogP contribution in [0.2, 0.25) is 0 Å². The van der Waals surface area contributed by atoms with Gasteiger partial charge in [-0.15, -0.1) is 0 Å². The van der Waals surface area contributed by atoms with Gasteiger partial charge in [0.05, 0.1) is 5.69 Å². The van der Waals surface area contributed by atoms with Crippen LogP contribution in [0, 0.1) is 0 Å². The molecule has 3 heteroatoms. The smallest absolute Gasteiger partial charge is 0.167 e. The highest BCUT2D eigenvalue weighted by molar-refractivity contribution is 5.79. The van der Waals surface area contributed by atoms with Gasteiger partial charge in [0.1, 0.15) is 0 Å². The van der Waals surface area contributed by atoms with Crippen LogP contribution in [-0.2, 0) is 0 Å². The lowest BCUT2D eigenvalue weighted by atomic mass is 9.93. The number of nitrogens with one attached hydrogen (secondary N) is 1. The zero-order chi connectivity index (χ0) is 12.1. The zero-order valence-electron chi connectivity index (χ0n) is 10.6. The Hall–Kier alpha value is -1.35. The lowest BCUT2D eigenvalue weighted by Crippen LogP contribution is -2.26. The van der Waals surface area contributed by atoms with Crippen molar-refractivity contribution in [3.8, 4) is 0 Å². The predicted molar refractivity (Wildman–Crippen MR) is 70.2 cm³/mol. The molecule has 0 spiro atoms. The van der Waals surface area contributed by atoms with Crippen molar-refractivity contribution < 1.29 is 4.52 Å². The van der Waals surface area contributed by atoms with Gasteiger partial charge in [0, 0.05) is 11.3 Å². The van der Waals surface area contributed by atoms with E-state index in [9.17, 15) is 0 Å². The van der Waals surface area contributed by atoms with Crippen molar-refractivity contribution in [2.45, 2.75) is 32.6 Å². The quantitative estimate of drug-likeness (QED) is 0.819. The molecular weight excluding hydrogens is 212 g/mol. The van der Waals surface area contributed by atoms with Gasteiger partial charge in [0.15, 0.2) is 5.58 Å². The fraction of sp³-hybridized carbons (Fsp3) is 0.500. The molecule has 0 radical (unpaired) electrons. The third-order valence-corrected chi connectivity index (χ3v) is 3.13. The van der Waals surface area contributed by atoms with E-state index in [0.717, 1.165) is 37.2 Å². The van der Waals surface area contributed by atoms with Crippen LogP contribution in [0.5, 0.6) is 0 Å². The second-order valence-electron chi connectivity index (χ2n) is 4.09. The third-order valence-electron chi connectivity index (χ3n) is 3.13. The maximum atomic E-state index is 5.33. The van der Waals surface area contributed by atoms with E-state index < -0.39 is 0 Å². The fourth-order valence-electron chi connectivity index (χ4n) is 2.30. The van der Waals surface area contributed by atoms with Gasteiger partial charge in [-0.25, -0.2) is 0 Å². The van der Waals surface area contributed by atoms with Crippen molar-refractivity contribution in [3.05, 3.63) is 30.0 Å². The molecule has 92 valence electrons. The van der Waals surface area contributed by atoms with E-state index in [-0.39, 0.29) is 0 Å². The van der Waals surface area contributed by atoms with Crippen LogP contribution in [0.15, 0.2) is 28.8 Å². The summed E-state index contributed by atoms with van der Waals surface area (Å²) < 4.78 is 5.33. The Kier molecular flexibility index (Phi) is 4.15. The Balaban J connectivity index is 0.000000514. The van der Waals surface area contributed by atoms with Crippen LogP contribution in [0.4, 0.5) is 0 Å². The number of hydrogen-bond donors (Lipinski definition) is 1. The number of para-hydroxylation sites is 1. The molecule has 2 heterocycles. The van der Waals surface area contributed by atoms with E-state index in [4.69, 9.17) is 4.52 Å². The number of nitrogens with zero attached hydrogens (tertiary/aromatic N) is 1. The maximum absolute atomic E-state index is 5.33. The Labute approximate surface area is 102 Å². The molecule has 1 aliphatic rings. The van der Waals surface area contributed by atoms with E-state index >= 15 is 0 Å². The van der Waals surface area contributed by atoms with E-state index in [1.165, 1.54) is 5.39 Å². The Morgan fingerprint density at radius 2 is 1.88 bits per heavy atom. The molecule has 1 aliphatic heterocycles. The average molecular weight is 232 g/mol. The molecule has 0 saturated carbocycles. The highest BCUT2D eigenvalue weighted by Crippen LogP contribution is 2.30. The van der Waals surface area contributed by atoms with Gasteiger partial charge in [0.2, 0.25) is 0 Å². The van der Waals surface area contributed by atoms with Crippen LogP contribution >= 0.6 is 0 Å². The first kappa shape index (κ1) is 12.1. The summed E-state index contributed by atoms with van der Waals surface area (Å²) in [6.07, 6.45) is 2.33. The third kappa shape index (κ3) is 2.50. The number of hydrogen-bond acceptors (Lipinski definition) is 3. The van der Waals surface area contributed by atoms with Gasteiger partial charge >= 0.3 is 0 Å². The first-order valence-electron chi connectivity index (χ1n) is 6.50. The van der Waals surface area contributed by atoms with E-state index in [1.54, 1.807) is 0 Å². The summed E-state index contributed by atoms with van der Waals surface area (Å²) in [5.41, 5.74) is 2.05. The normalized spacial score (nSPS) is 16.6. The molecule has 0 amide bonds. The minimum Gasteiger partial charge on any atom is -0.356 e. The van der Waals surface area contributed by atoms with Gasteiger partial charge in [-0.2, -0.15) is 0 Å². The summed E-state index contributed by atoms with van der Waals surface area (Å²) in [4.78, 5) is 0. The van der Waals surface area contributed by atoms with Crippen molar-refractivity contribution in [1.82, 2.24) is 10.5 Å². The summed E-state index contributed by atoms with van der Waals surface area (Å²) in [6, 6.07) is 8.11. The lowest BCUT2D eigenvalue weighted by Gasteiger charge is -2.20. The van der Waals surface area contributed by atoms with Gasteiger partial charge in [-0.3, -0.25) is 0 Å². The monoisotopic (exact) mass is 232 g/mol. The molecule has 0 bridgehead atoms. The van der Waals surface area contributed by atoms with Crippen LogP contribution in [0.3, 0.4) is 0 Å².